The van der Waals surface area contributed by atoms with Crippen LogP contribution in [-0.4, -0.2) is 33.9 Å². The molecule has 0 heterocycles. The number of carboxylic acid groups (broad SMARTS) is 1. The molecule has 0 saturated heterocycles. The van der Waals surface area contributed by atoms with E-state index in [9.17, 15) is 19.4 Å². The fourth-order valence-electron chi connectivity index (χ4n) is 1.50. The lowest BCUT2D eigenvalue weighted by molar-refractivity contribution is 0.0129. The van der Waals surface area contributed by atoms with E-state index in [0.717, 1.165) is 18.2 Å². The summed E-state index contributed by atoms with van der Waals surface area (Å²) in [6, 6.07) is 2.92. The lowest BCUT2D eigenvalue weighted by Crippen LogP contribution is -2.20. The summed E-state index contributed by atoms with van der Waals surface area (Å²) < 4.78 is 13.5. The van der Waals surface area contributed by atoms with Gasteiger partial charge in [0, 0.05) is 17.0 Å². The van der Waals surface area contributed by atoms with Crippen molar-refractivity contribution in [3.63, 3.8) is 0 Å². The maximum Gasteiger partial charge on any atom is 0.335 e. The Morgan fingerprint density at radius 2 is 2.16 bits per heavy atom. The smallest absolute Gasteiger partial charge is 0.335 e. The zero-order chi connectivity index (χ0) is 14.4. The van der Waals surface area contributed by atoms with E-state index in [4.69, 9.17) is 10.6 Å². The van der Waals surface area contributed by atoms with Crippen LogP contribution in [0.1, 0.15) is 28.4 Å². The molecule has 1 aromatic rings. The van der Waals surface area contributed by atoms with E-state index in [2.05, 4.69) is 10.0 Å². The summed E-state index contributed by atoms with van der Waals surface area (Å²) in [6.45, 7) is -0.0605. The predicted molar refractivity (Wildman–Crippen MR) is 63.0 cm³/mol. The molecule has 1 aromatic carbocycles. The largest absolute Gasteiger partial charge is 0.478 e. The van der Waals surface area contributed by atoms with Crippen LogP contribution in [0.15, 0.2) is 23.3 Å². The molecule has 2 unspecified atom stereocenters. The third kappa shape index (κ3) is 3.92. The second kappa shape index (κ2) is 6.69. The van der Waals surface area contributed by atoms with Gasteiger partial charge in [-0.1, -0.05) is 5.11 Å². The molecule has 102 valence electrons. The summed E-state index contributed by atoms with van der Waals surface area (Å²) in [7, 11) is 0. The van der Waals surface area contributed by atoms with Crippen LogP contribution in [0.5, 0.6) is 0 Å². The molecule has 0 fully saturated rings. The van der Waals surface area contributed by atoms with Crippen LogP contribution in [0.2, 0.25) is 0 Å². The number of aliphatic hydroxyl groups excluding tert-OH is 2. The quantitative estimate of drug-likeness (QED) is 0.412. The number of rotatable bonds is 6. The van der Waals surface area contributed by atoms with Gasteiger partial charge in [-0.2, -0.15) is 0 Å². The highest BCUT2D eigenvalue weighted by Gasteiger charge is 2.22. The maximum atomic E-state index is 13.5. The molecule has 0 aliphatic rings. The first kappa shape index (κ1) is 14.9. The highest BCUT2D eigenvalue weighted by molar-refractivity contribution is 5.87. The van der Waals surface area contributed by atoms with Crippen molar-refractivity contribution in [2.75, 3.05) is 6.54 Å². The van der Waals surface area contributed by atoms with Crippen molar-refractivity contribution < 1.29 is 24.5 Å². The molecule has 0 aliphatic carbocycles. The number of aromatic carboxylic acids is 1. The fraction of sp³-hybridized carbons (Fsp3) is 0.364. The average Bonchev–Trinajstić information content (AvgIpc) is 2.38. The molecule has 19 heavy (non-hydrogen) atoms. The van der Waals surface area contributed by atoms with E-state index in [1.54, 1.807) is 0 Å². The number of carboxylic acids is 1. The first-order valence-electron chi connectivity index (χ1n) is 5.37. The summed E-state index contributed by atoms with van der Waals surface area (Å²) in [4.78, 5) is 13.2. The van der Waals surface area contributed by atoms with Crippen LogP contribution in [0.3, 0.4) is 0 Å². The molecule has 0 spiro atoms. The molecule has 0 aliphatic heterocycles. The van der Waals surface area contributed by atoms with Crippen LogP contribution >= 0.6 is 0 Å². The molecule has 0 amide bonds. The van der Waals surface area contributed by atoms with Crippen LogP contribution in [0.4, 0.5) is 4.39 Å². The number of benzene rings is 1. The minimum Gasteiger partial charge on any atom is -0.478 e. The Balaban J connectivity index is 2.91. The number of azide groups is 1. The Hall–Kier alpha value is -2.15. The lowest BCUT2D eigenvalue weighted by Gasteiger charge is -2.18. The monoisotopic (exact) mass is 269 g/mol. The van der Waals surface area contributed by atoms with Gasteiger partial charge >= 0.3 is 5.97 Å². The molecular formula is C11H12FN3O4. The highest BCUT2D eigenvalue weighted by atomic mass is 19.1. The minimum absolute atomic E-state index is 0.0605. The van der Waals surface area contributed by atoms with Crippen LogP contribution in [0, 0.1) is 5.82 Å². The van der Waals surface area contributed by atoms with Gasteiger partial charge in [0.05, 0.1) is 11.7 Å². The number of hydrogen-bond donors (Lipinski definition) is 3. The van der Waals surface area contributed by atoms with Crippen molar-refractivity contribution in [3.8, 4) is 0 Å². The van der Waals surface area contributed by atoms with Gasteiger partial charge < -0.3 is 15.3 Å². The molecule has 0 aromatic heterocycles. The second-order valence-electron chi connectivity index (χ2n) is 3.80. The number of nitrogens with zero attached hydrogens (tertiary/aromatic N) is 3. The van der Waals surface area contributed by atoms with E-state index in [0.29, 0.717) is 0 Å². The summed E-state index contributed by atoms with van der Waals surface area (Å²) in [5.41, 5.74) is 7.56. The summed E-state index contributed by atoms with van der Waals surface area (Å²) in [5.74, 6) is -2.09. The molecule has 0 radical (unpaired) electrons. The minimum atomic E-state index is -1.59. The Morgan fingerprint density at radius 3 is 2.74 bits per heavy atom. The predicted octanol–water partition coefficient (Wildman–Crippen LogP) is 1.62. The SMILES string of the molecule is [N-]=[N+]=NCCC(O)C(O)c1cc(C(=O)O)ccc1F. The number of aliphatic hydroxyl groups is 2. The molecule has 0 saturated carbocycles. The van der Waals surface area contributed by atoms with Crippen molar-refractivity contribution in [2.24, 2.45) is 5.11 Å². The van der Waals surface area contributed by atoms with Gasteiger partial charge in [-0.3, -0.25) is 0 Å². The number of halogens is 1. The third-order valence-electron chi connectivity index (χ3n) is 2.51. The Morgan fingerprint density at radius 1 is 1.47 bits per heavy atom. The first-order valence-corrected chi connectivity index (χ1v) is 5.37. The zero-order valence-corrected chi connectivity index (χ0v) is 9.77. The normalized spacial score (nSPS) is 13.4. The maximum absolute atomic E-state index is 13.5. The van der Waals surface area contributed by atoms with Crippen molar-refractivity contribution in [3.05, 3.63) is 45.6 Å². The van der Waals surface area contributed by atoms with Gasteiger partial charge in [0.15, 0.2) is 0 Å². The first-order chi connectivity index (χ1) is 8.97. The summed E-state index contributed by atoms with van der Waals surface area (Å²) in [6.07, 6.45) is -3.01. The fourth-order valence-corrected chi connectivity index (χ4v) is 1.50. The zero-order valence-electron chi connectivity index (χ0n) is 9.77. The summed E-state index contributed by atoms with van der Waals surface area (Å²) >= 11 is 0. The van der Waals surface area contributed by atoms with Crippen molar-refractivity contribution in [2.45, 2.75) is 18.6 Å². The van der Waals surface area contributed by atoms with Crippen LogP contribution < -0.4 is 0 Å². The van der Waals surface area contributed by atoms with Gasteiger partial charge in [-0.05, 0) is 30.2 Å². The van der Waals surface area contributed by atoms with E-state index in [1.165, 1.54) is 0 Å². The van der Waals surface area contributed by atoms with Crippen molar-refractivity contribution >= 4 is 5.97 Å². The van der Waals surface area contributed by atoms with Gasteiger partial charge in [0.1, 0.15) is 11.9 Å². The molecule has 8 heteroatoms. The Labute approximate surface area is 107 Å². The standard InChI is InChI=1S/C11H12FN3O4/c12-8-2-1-6(11(18)19)5-7(8)10(17)9(16)3-4-14-15-13/h1-2,5,9-10,16-17H,3-4H2,(H,18,19). The molecule has 3 N–H and O–H groups in total. The molecular weight excluding hydrogens is 257 g/mol. The topological polar surface area (TPSA) is 127 Å². The van der Waals surface area contributed by atoms with Gasteiger partial charge in [0.25, 0.3) is 0 Å². The van der Waals surface area contributed by atoms with Crippen molar-refractivity contribution in [1.82, 2.24) is 0 Å². The molecule has 2 atom stereocenters. The van der Waals surface area contributed by atoms with Crippen LogP contribution in [0.25, 0.3) is 10.4 Å². The van der Waals surface area contributed by atoms with E-state index < -0.39 is 24.0 Å². The lowest BCUT2D eigenvalue weighted by atomic mass is 9.99. The van der Waals surface area contributed by atoms with Gasteiger partial charge in [0.2, 0.25) is 0 Å². The third-order valence-corrected chi connectivity index (χ3v) is 2.51. The van der Waals surface area contributed by atoms with Gasteiger partial charge in [-0.25, -0.2) is 9.18 Å². The van der Waals surface area contributed by atoms with Crippen LogP contribution in [-0.2, 0) is 0 Å². The molecule has 7 nitrogen and oxygen atoms in total. The number of carbonyl (C=O) groups is 1. The Bertz CT molecular complexity index is 517. The Kier molecular flexibility index (Phi) is 5.25. The van der Waals surface area contributed by atoms with E-state index in [1.807, 2.05) is 0 Å². The molecule has 0 bridgehead atoms. The highest BCUT2D eigenvalue weighted by Crippen LogP contribution is 2.23. The number of hydrogen-bond acceptors (Lipinski definition) is 4. The van der Waals surface area contributed by atoms with E-state index >= 15 is 0 Å². The van der Waals surface area contributed by atoms with Gasteiger partial charge in [-0.15, -0.1) is 0 Å². The summed E-state index contributed by atoms with van der Waals surface area (Å²) in [5, 5.41) is 31.3. The molecule has 1 rings (SSSR count). The second-order valence-corrected chi connectivity index (χ2v) is 3.80. The average molecular weight is 269 g/mol. The van der Waals surface area contributed by atoms with E-state index in [-0.39, 0.29) is 24.1 Å². The van der Waals surface area contributed by atoms with Crippen molar-refractivity contribution in [1.29, 1.82) is 0 Å².